The molecule has 0 saturated carbocycles. The van der Waals surface area contributed by atoms with E-state index in [0.29, 0.717) is 18.1 Å². The number of rotatable bonds is 9. The molecular weight excluding hydrogens is 470 g/mol. The fraction of sp³-hybridized carbons (Fsp3) is 0.429. The monoisotopic (exact) mass is 499 g/mol. The molecule has 0 aromatic heterocycles. The number of hydrogen-bond acceptors (Lipinski definition) is 8. The van der Waals surface area contributed by atoms with Crippen LogP contribution < -0.4 is 19.1 Å². The lowest BCUT2D eigenvalue weighted by Crippen LogP contribution is -2.37. The molecule has 0 amide bonds. The van der Waals surface area contributed by atoms with Crippen molar-refractivity contribution in [2.45, 2.75) is 9.79 Å². The van der Waals surface area contributed by atoms with Gasteiger partial charge in [0.1, 0.15) is 12.4 Å². The SMILES string of the molecule is COc1ccc(S(=O)(=O)N(C)CCN(C)S(=O)(=O)c2ccc3c(c2)OCCN3C)cc1OC. The van der Waals surface area contributed by atoms with Crippen molar-refractivity contribution in [1.29, 1.82) is 0 Å². The third kappa shape index (κ3) is 5.03. The zero-order valence-electron chi connectivity index (χ0n) is 19.3. The number of nitrogens with zero attached hydrogens (tertiary/aromatic N) is 3. The van der Waals surface area contributed by atoms with Crippen molar-refractivity contribution in [1.82, 2.24) is 8.61 Å². The first kappa shape index (κ1) is 25.1. The summed E-state index contributed by atoms with van der Waals surface area (Å²) in [6, 6.07) is 9.03. The molecule has 1 heterocycles. The van der Waals surface area contributed by atoms with E-state index in [2.05, 4.69) is 0 Å². The van der Waals surface area contributed by atoms with Gasteiger partial charge in [0.2, 0.25) is 20.0 Å². The molecule has 1 aliphatic heterocycles. The van der Waals surface area contributed by atoms with Crippen molar-refractivity contribution < 1.29 is 31.0 Å². The largest absolute Gasteiger partial charge is 0.493 e. The number of benzene rings is 2. The van der Waals surface area contributed by atoms with Gasteiger partial charge >= 0.3 is 0 Å². The highest BCUT2D eigenvalue weighted by Crippen LogP contribution is 2.34. The van der Waals surface area contributed by atoms with Gasteiger partial charge in [-0.1, -0.05) is 0 Å². The maximum absolute atomic E-state index is 13.0. The highest BCUT2D eigenvalue weighted by molar-refractivity contribution is 7.89. The third-order valence-electron chi connectivity index (χ3n) is 5.53. The fourth-order valence-corrected chi connectivity index (χ4v) is 5.71. The van der Waals surface area contributed by atoms with Gasteiger partial charge < -0.3 is 19.1 Å². The van der Waals surface area contributed by atoms with Crippen LogP contribution in [0.4, 0.5) is 5.69 Å². The van der Waals surface area contributed by atoms with Crippen LogP contribution in [-0.4, -0.2) is 87.0 Å². The second kappa shape index (κ2) is 9.75. The first-order chi connectivity index (χ1) is 15.5. The van der Waals surface area contributed by atoms with Crippen molar-refractivity contribution in [3.8, 4) is 17.2 Å². The summed E-state index contributed by atoms with van der Waals surface area (Å²) in [5.41, 5.74) is 0.823. The number of likely N-dealkylation sites (N-methyl/N-ethyl adjacent to an activating group) is 3. The summed E-state index contributed by atoms with van der Waals surface area (Å²) < 4.78 is 70.2. The Bertz CT molecular complexity index is 1220. The molecule has 0 aliphatic carbocycles. The Morgan fingerprint density at radius 2 is 1.42 bits per heavy atom. The Morgan fingerprint density at radius 1 is 0.879 bits per heavy atom. The molecule has 1 aliphatic rings. The minimum absolute atomic E-state index is 0.0177. The van der Waals surface area contributed by atoms with Gasteiger partial charge in [0.15, 0.2) is 11.5 Å². The fourth-order valence-electron chi connectivity index (χ4n) is 3.36. The van der Waals surface area contributed by atoms with E-state index in [-0.39, 0.29) is 28.6 Å². The van der Waals surface area contributed by atoms with Crippen LogP contribution >= 0.6 is 0 Å². The number of ether oxygens (including phenoxy) is 3. The molecule has 3 rings (SSSR count). The molecule has 0 spiro atoms. The number of anilines is 1. The minimum atomic E-state index is -3.87. The normalized spacial score (nSPS) is 14.2. The van der Waals surface area contributed by atoms with Crippen molar-refractivity contribution in [3.05, 3.63) is 36.4 Å². The standard InChI is InChI=1S/C21H29N3O7S2/c1-22-12-13-31-20-14-16(6-8-18(20)22)32(25,26)23(2)10-11-24(3)33(27,28)17-7-9-19(29-4)21(15-17)30-5/h6-9,14-15H,10-13H2,1-5H3. The third-order valence-corrected chi connectivity index (χ3v) is 9.23. The predicted octanol–water partition coefficient (Wildman–Crippen LogP) is 1.47. The zero-order chi connectivity index (χ0) is 24.4. The summed E-state index contributed by atoms with van der Waals surface area (Å²) in [6.07, 6.45) is 0. The van der Waals surface area contributed by atoms with E-state index in [1.165, 1.54) is 58.6 Å². The van der Waals surface area contributed by atoms with Gasteiger partial charge in [-0.3, -0.25) is 0 Å². The summed E-state index contributed by atoms with van der Waals surface area (Å²) in [5, 5.41) is 0. The molecule has 12 heteroatoms. The Morgan fingerprint density at radius 3 is 2.00 bits per heavy atom. The Hall–Kier alpha value is -2.54. The summed E-state index contributed by atoms with van der Waals surface area (Å²) >= 11 is 0. The van der Waals surface area contributed by atoms with Gasteiger partial charge in [0.25, 0.3) is 0 Å². The average molecular weight is 500 g/mol. The Labute approximate surface area is 195 Å². The molecule has 182 valence electrons. The van der Waals surface area contributed by atoms with Crippen LogP contribution in [-0.2, 0) is 20.0 Å². The molecule has 0 fully saturated rings. The number of sulfonamides is 2. The van der Waals surface area contributed by atoms with E-state index in [1.54, 1.807) is 6.07 Å². The minimum Gasteiger partial charge on any atom is -0.493 e. The van der Waals surface area contributed by atoms with E-state index in [0.717, 1.165) is 20.8 Å². The highest BCUT2D eigenvalue weighted by Gasteiger charge is 2.27. The summed E-state index contributed by atoms with van der Waals surface area (Å²) in [4.78, 5) is 2.10. The average Bonchev–Trinajstić information content (AvgIpc) is 2.81. The number of methoxy groups -OCH3 is 2. The second-order valence-electron chi connectivity index (χ2n) is 7.57. The lowest BCUT2D eigenvalue weighted by atomic mass is 10.2. The molecule has 10 nitrogen and oxygen atoms in total. The van der Waals surface area contributed by atoms with Gasteiger partial charge in [-0.15, -0.1) is 0 Å². The quantitative estimate of drug-likeness (QED) is 0.511. The van der Waals surface area contributed by atoms with E-state index >= 15 is 0 Å². The zero-order valence-corrected chi connectivity index (χ0v) is 20.9. The van der Waals surface area contributed by atoms with Crippen LogP contribution in [0.1, 0.15) is 0 Å². The highest BCUT2D eigenvalue weighted by atomic mass is 32.2. The molecule has 2 aromatic rings. The van der Waals surface area contributed by atoms with Gasteiger partial charge in [-0.25, -0.2) is 16.8 Å². The molecule has 0 radical (unpaired) electrons. The molecule has 0 saturated heterocycles. The van der Waals surface area contributed by atoms with Gasteiger partial charge in [-0.05, 0) is 24.3 Å². The van der Waals surface area contributed by atoms with Crippen molar-refractivity contribution >= 4 is 25.7 Å². The van der Waals surface area contributed by atoms with Gasteiger partial charge in [-0.2, -0.15) is 8.61 Å². The van der Waals surface area contributed by atoms with Crippen molar-refractivity contribution in [2.24, 2.45) is 0 Å². The maximum Gasteiger partial charge on any atom is 0.242 e. The van der Waals surface area contributed by atoms with Gasteiger partial charge in [0.05, 0.1) is 36.2 Å². The van der Waals surface area contributed by atoms with E-state index in [4.69, 9.17) is 14.2 Å². The lowest BCUT2D eigenvalue weighted by Gasteiger charge is -2.28. The van der Waals surface area contributed by atoms with Crippen molar-refractivity contribution in [3.63, 3.8) is 0 Å². The molecule has 2 aromatic carbocycles. The molecule has 0 bridgehead atoms. The van der Waals surface area contributed by atoms with Crippen molar-refractivity contribution in [2.75, 3.05) is 66.5 Å². The molecule has 33 heavy (non-hydrogen) atoms. The smallest absolute Gasteiger partial charge is 0.242 e. The number of fused-ring (bicyclic) bond motifs is 1. The van der Waals surface area contributed by atoms with E-state index < -0.39 is 20.0 Å². The molecular formula is C21H29N3O7S2. The van der Waals surface area contributed by atoms with E-state index in [1.807, 2.05) is 11.9 Å². The van der Waals surface area contributed by atoms with Crippen LogP contribution in [0, 0.1) is 0 Å². The van der Waals surface area contributed by atoms with Crippen LogP contribution in [0.15, 0.2) is 46.2 Å². The molecule has 0 N–H and O–H groups in total. The molecule has 0 unspecified atom stereocenters. The summed E-state index contributed by atoms with van der Waals surface area (Å²) in [6.45, 7) is 1.11. The van der Waals surface area contributed by atoms with Crippen LogP contribution in [0.2, 0.25) is 0 Å². The predicted molar refractivity (Wildman–Crippen MR) is 124 cm³/mol. The molecule has 0 atom stereocenters. The first-order valence-electron chi connectivity index (χ1n) is 10.1. The maximum atomic E-state index is 13.0. The lowest BCUT2D eigenvalue weighted by molar-refractivity contribution is 0.310. The first-order valence-corrected chi connectivity index (χ1v) is 13.0. The second-order valence-corrected chi connectivity index (χ2v) is 11.7. The van der Waals surface area contributed by atoms with Gasteiger partial charge in [0, 0.05) is 46.4 Å². The Kier molecular flexibility index (Phi) is 7.42. The van der Waals surface area contributed by atoms with Crippen LogP contribution in [0.3, 0.4) is 0 Å². The number of hydrogen-bond donors (Lipinski definition) is 0. The topological polar surface area (TPSA) is 106 Å². The summed E-state index contributed by atoms with van der Waals surface area (Å²) in [7, 11) is -0.104. The van der Waals surface area contributed by atoms with Crippen LogP contribution in [0.5, 0.6) is 17.2 Å². The Balaban J connectivity index is 1.73. The summed E-state index contributed by atoms with van der Waals surface area (Å²) in [5.74, 6) is 1.20. The van der Waals surface area contributed by atoms with E-state index in [9.17, 15) is 16.8 Å². The van der Waals surface area contributed by atoms with Crippen LogP contribution in [0.25, 0.3) is 0 Å².